The van der Waals surface area contributed by atoms with E-state index in [0.717, 1.165) is 42.9 Å². The average molecular weight is 493 g/mol. The van der Waals surface area contributed by atoms with Crippen molar-refractivity contribution < 1.29 is 19.4 Å². The zero-order chi connectivity index (χ0) is 26.3. The fraction of sp³-hybridized carbons (Fsp3) is 0.464. The number of hydrogen-bond acceptors (Lipinski definition) is 5. The van der Waals surface area contributed by atoms with Crippen LogP contribution in [0.5, 0.6) is 5.75 Å². The van der Waals surface area contributed by atoms with Gasteiger partial charge in [-0.15, -0.1) is 0 Å². The molecular formula is C28H36N4O4. The lowest BCUT2D eigenvalue weighted by atomic mass is 10.0. The van der Waals surface area contributed by atoms with E-state index in [2.05, 4.69) is 11.0 Å². The van der Waals surface area contributed by atoms with Gasteiger partial charge >= 0.3 is 6.09 Å². The number of piperazine rings is 1. The Morgan fingerprint density at radius 3 is 2.08 bits per heavy atom. The Bertz CT molecular complexity index is 1060. The fourth-order valence-corrected chi connectivity index (χ4v) is 4.56. The van der Waals surface area contributed by atoms with E-state index >= 15 is 0 Å². The molecule has 0 bridgehead atoms. The highest BCUT2D eigenvalue weighted by molar-refractivity contribution is 5.85. The van der Waals surface area contributed by atoms with Crippen molar-refractivity contribution in [1.82, 2.24) is 14.7 Å². The number of amides is 2. The van der Waals surface area contributed by atoms with Crippen molar-refractivity contribution in [3.05, 3.63) is 54.1 Å². The second-order valence-electron chi connectivity index (χ2n) is 10.1. The van der Waals surface area contributed by atoms with Gasteiger partial charge in [0.05, 0.1) is 18.2 Å². The molecule has 36 heavy (non-hydrogen) atoms. The molecular weight excluding hydrogens is 456 g/mol. The van der Waals surface area contributed by atoms with Gasteiger partial charge in [-0.05, 0) is 69.5 Å². The van der Waals surface area contributed by atoms with Gasteiger partial charge in [0.2, 0.25) is 5.91 Å². The van der Waals surface area contributed by atoms with Gasteiger partial charge in [-0.2, -0.15) is 5.26 Å². The molecule has 0 radical (unpaired) electrons. The summed E-state index contributed by atoms with van der Waals surface area (Å²) in [5.41, 5.74) is 2.13. The highest BCUT2D eigenvalue weighted by atomic mass is 16.5. The van der Waals surface area contributed by atoms with Crippen molar-refractivity contribution in [2.75, 3.05) is 39.3 Å². The molecule has 2 aromatic rings. The molecule has 0 saturated carbocycles. The molecule has 1 N–H and O–H groups in total. The summed E-state index contributed by atoms with van der Waals surface area (Å²) in [7, 11) is 0. The van der Waals surface area contributed by atoms with E-state index in [4.69, 9.17) is 10.00 Å². The van der Waals surface area contributed by atoms with Gasteiger partial charge in [0.1, 0.15) is 11.8 Å². The van der Waals surface area contributed by atoms with Crippen LogP contribution in [-0.2, 0) is 4.79 Å². The van der Waals surface area contributed by atoms with E-state index in [-0.39, 0.29) is 5.91 Å². The van der Waals surface area contributed by atoms with E-state index in [0.29, 0.717) is 25.3 Å². The summed E-state index contributed by atoms with van der Waals surface area (Å²) in [4.78, 5) is 29.9. The first-order chi connectivity index (χ1) is 17.1. The van der Waals surface area contributed by atoms with Crippen molar-refractivity contribution in [3.63, 3.8) is 0 Å². The Kier molecular flexibility index (Phi) is 8.94. The molecule has 1 aliphatic rings. The van der Waals surface area contributed by atoms with Crippen LogP contribution in [0.15, 0.2) is 48.5 Å². The van der Waals surface area contributed by atoms with Gasteiger partial charge < -0.3 is 14.7 Å². The van der Waals surface area contributed by atoms with E-state index in [1.165, 1.54) is 4.90 Å². The monoisotopic (exact) mass is 492 g/mol. The van der Waals surface area contributed by atoms with Gasteiger partial charge in [-0.3, -0.25) is 14.6 Å². The molecule has 1 aliphatic heterocycles. The molecule has 192 valence electrons. The first-order valence-corrected chi connectivity index (χ1v) is 12.4. The third-order valence-corrected chi connectivity index (χ3v) is 6.45. The Hall–Kier alpha value is -3.57. The number of ether oxygens (including phenoxy) is 1. The van der Waals surface area contributed by atoms with Crippen LogP contribution < -0.4 is 4.74 Å². The zero-order valence-electron chi connectivity index (χ0n) is 21.6. The first-order valence-electron chi connectivity index (χ1n) is 12.4. The molecule has 1 atom stereocenters. The molecule has 1 heterocycles. The summed E-state index contributed by atoms with van der Waals surface area (Å²) in [6.07, 6.45) is -0.204. The number of hydrogen-bond donors (Lipinski definition) is 1. The first kappa shape index (κ1) is 27.0. The normalized spacial score (nSPS) is 15.1. The highest BCUT2D eigenvalue weighted by Gasteiger charge is 2.37. The standard InChI is InChI=1S/C28H36N4O4/c1-21(32(27(34)35)28(2,3)4)26(33)31-17-15-30(16-18-31)14-5-19-36-25-12-10-24(11-13-25)23-8-6-22(20-29)7-9-23/h6-13,21H,5,14-19H2,1-4H3,(H,34,35)/t21-/m1/s1. The molecule has 0 aliphatic carbocycles. The zero-order valence-corrected chi connectivity index (χ0v) is 21.6. The largest absolute Gasteiger partial charge is 0.494 e. The second kappa shape index (κ2) is 11.9. The van der Waals surface area contributed by atoms with E-state index in [9.17, 15) is 14.7 Å². The van der Waals surface area contributed by atoms with Crippen LogP contribution >= 0.6 is 0 Å². The lowest BCUT2D eigenvalue weighted by Crippen LogP contribution is -2.59. The predicted molar refractivity (Wildman–Crippen MR) is 139 cm³/mol. The summed E-state index contributed by atoms with van der Waals surface area (Å²) in [6, 6.07) is 16.9. The summed E-state index contributed by atoms with van der Waals surface area (Å²) in [5.74, 6) is 0.679. The second-order valence-corrected chi connectivity index (χ2v) is 10.1. The fourth-order valence-electron chi connectivity index (χ4n) is 4.56. The van der Waals surface area contributed by atoms with Gasteiger partial charge in [-0.1, -0.05) is 24.3 Å². The van der Waals surface area contributed by atoms with Crippen molar-refractivity contribution in [1.29, 1.82) is 5.26 Å². The molecule has 1 fully saturated rings. The van der Waals surface area contributed by atoms with E-state index in [1.54, 1.807) is 32.6 Å². The number of carboxylic acid groups (broad SMARTS) is 1. The summed E-state index contributed by atoms with van der Waals surface area (Å²) in [6.45, 7) is 11.3. The quantitative estimate of drug-likeness (QED) is 0.552. The molecule has 0 spiro atoms. The maximum atomic E-state index is 12.9. The lowest BCUT2D eigenvalue weighted by Gasteiger charge is -2.41. The summed E-state index contributed by atoms with van der Waals surface area (Å²) >= 11 is 0. The third kappa shape index (κ3) is 6.98. The van der Waals surface area contributed by atoms with E-state index in [1.807, 2.05) is 48.5 Å². The van der Waals surface area contributed by atoms with Crippen LogP contribution in [0.3, 0.4) is 0 Å². The number of nitrogens with zero attached hydrogens (tertiary/aromatic N) is 4. The van der Waals surface area contributed by atoms with Crippen LogP contribution in [-0.4, -0.2) is 82.7 Å². The predicted octanol–water partition coefficient (Wildman–Crippen LogP) is 4.31. The maximum Gasteiger partial charge on any atom is 0.408 e. The van der Waals surface area contributed by atoms with Gasteiger partial charge in [0.25, 0.3) is 0 Å². The van der Waals surface area contributed by atoms with Crippen LogP contribution in [0, 0.1) is 11.3 Å². The van der Waals surface area contributed by atoms with Crippen LogP contribution in [0.4, 0.5) is 4.79 Å². The van der Waals surface area contributed by atoms with Gasteiger partial charge in [0.15, 0.2) is 0 Å². The molecule has 2 amide bonds. The minimum atomic E-state index is -1.08. The minimum absolute atomic E-state index is 0.139. The van der Waals surface area contributed by atoms with Crippen LogP contribution in [0.25, 0.3) is 11.1 Å². The number of rotatable bonds is 8. The number of nitriles is 1. The molecule has 3 rings (SSSR count). The Morgan fingerprint density at radius 2 is 1.58 bits per heavy atom. The number of carbonyl (C=O) groups excluding carboxylic acids is 1. The van der Waals surface area contributed by atoms with Crippen molar-refractivity contribution in [3.8, 4) is 22.9 Å². The van der Waals surface area contributed by atoms with Gasteiger partial charge in [-0.25, -0.2) is 4.79 Å². The molecule has 0 unspecified atom stereocenters. The van der Waals surface area contributed by atoms with Crippen LogP contribution in [0.1, 0.15) is 39.7 Å². The van der Waals surface area contributed by atoms with E-state index < -0.39 is 17.7 Å². The Balaban J connectivity index is 1.39. The van der Waals surface area contributed by atoms with Gasteiger partial charge in [0, 0.05) is 38.3 Å². The Morgan fingerprint density at radius 1 is 1.03 bits per heavy atom. The molecule has 2 aromatic carbocycles. The number of benzene rings is 2. The Labute approximate surface area is 213 Å². The molecule has 0 aromatic heterocycles. The van der Waals surface area contributed by atoms with Crippen molar-refractivity contribution >= 4 is 12.0 Å². The highest BCUT2D eigenvalue weighted by Crippen LogP contribution is 2.23. The minimum Gasteiger partial charge on any atom is -0.494 e. The maximum absolute atomic E-state index is 12.9. The lowest BCUT2D eigenvalue weighted by molar-refractivity contribution is -0.139. The average Bonchev–Trinajstić information content (AvgIpc) is 2.86. The molecule has 8 heteroatoms. The third-order valence-electron chi connectivity index (χ3n) is 6.45. The smallest absolute Gasteiger partial charge is 0.408 e. The van der Waals surface area contributed by atoms with Crippen LogP contribution in [0.2, 0.25) is 0 Å². The topological polar surface area (TPSA) is 97.1 Å². The summed E-state index contributed by atoms with van der Waals surface area (Å²) in [5, 5.41) is 18.5. The molecule has 8 nitrogen and oxygen atoms in total. The van der Waals surface area contributed by atoms with Crippen molar-refractivity contribution in [2.45, 2.75) is 45.7 Å². The number of carbonyl (C=O) groups is 2. The SMILES string of the molecule is C[C@H](C(=O)N1CCN(CCCOc2ccc(-c3ccc(C#N)cc3)cc2)CC1)N(C(=O)O)C(C)(C)C. The van der Waals surface area contributed by atoms with Crippen molar-refractivity contribution in [2.24, 2.45) is 0 Å². The summed E-state index contributed by atoms with van der Waals surface area (Å²) < 4.78 is 5.90. The molecule has 1 saturated heterocycles.